The number of piperidine rings is 1. The molecule has 4 rings (SSSR count). The molecule has 12 heteroatoms. The van der Waals surface area contributed by atoms with Gasteiger partial charge < -0.3 is 21.1 Å². The average molecular weight is 666 g/mol. The molecule has 248 valence electrons. The van der Waals surface area contributed by atoms with Gasteiger partial charge in [-0.25, -0.2) is 8.78 Å². The molecule has 1 aliphatic rings. The molecular weight excluding hydrogens is 629 g/mol. The van der Waals surface area contributed by atoms with Crippen molar-refractivity contribution in [2.45, 2.75) is 56.7 Å². The largest absolute Gasteiger partial charge is 0.471 e. The maximum Gasteiger partial charge on any atom is 0.471 e. The van der Waals surface area contributed by atoms with E-state index in [4.69, 9.17) is 17.3 Å². The Bertz CT molecular complexity index is 1540. The molecule has 3 atom stereocenters. The Morgan fingerprint density at radius 2 is 1.80 bits per heavy atom. The van der Waals surface area contributed by atoms with E-state index >= 15 is 8.78 Å². The minimum Gasteiger partial charge on any atom is -0.385 e. The highest BCUT2D eigenvalue weighted by Gasteiger charge is 2.44. The molecule has 3 aromatic rings. The molecule has 3 aromatic carbocycles. The molecule has 1 heterocycles. The summed E-state index contributed by atoms with van der Waals surface area (Å²) in [4.78, 5) is 26.6. The zero-order valence-electron chi connectivity index (χ0n) is 25.3. The van der Waals surface area contributed by atoms with Crippen LogP contribution in [0.1, 0.15) is 54.7 Å². The number of nitrogens with two attached hydrogens (primary N) is 1. The summed E-state index contributed by atoms with van der Waals surface area (Å²) in [5, 5.41) is 14.8. The highest BCUT2D eigenvalue weighted by molar-refractivity contribution is 6.30. The third kappa shape index (κ3) is 8.24. The first-order chi connectivity index (χ1) is 21.7. The number of nitrogens with one attached hydrogen (secondary N) is 1. The number of rotatable bonds is 11. The first-order valence-corrected chi connectivity index (χ1v) is 15.5. The van der Waals surface area contributed by atoms with Gasteiger partial charge in [0.2, 0.25) is 5.91 Å². The molecule has 1 fully saturated rings. The lowest BCUT2D eigenvalue weighted by atomic mass is 9.72. The van der Waals surface area contributed by atoms with Crippen molar-refractivity contribution in [1.29, 1.82) is 0 Å². The fraction of sp³-hybridized carbons (Fsp3) is 0.412. The summed E-state index contributed by atoms with van der Waals surface area (Å²) in [6.45, 7) is 1.95. The van der Waals surface area contributed by atoms with Crippen LogP contribution in [-0.2, 0) is 15.2 Å². The summed E-state index contributed by atoms with van der Waals surface area (Å²) in [6, 6.07) is 15.2. The van der Waals surface area contributed by atoms with Gasteiger partial charge in [-0.05, 0) is 80.6 Å². The van der Waals surface area contributed by atoms with Gasteiger partial charge in [-0.15, -0.1) is 0 Å². The predicted molar refractivity (Wildman–Crippen MR) is 166 cm³/mol. The van der Waals surface area contributed by atoms with Gasteiger partial charge in [-0.2, -0.15) is 13.2 Å². The van der Waals surface area contributed by atoms with Crippen LogP contribution in [0.3, 0.4) is 0 Å². The molecule has 0 radical (unpaired) electrons. The summed E-state index contributed by atoms with van der Waals surface area (Å²) in [5.41, 5.74) is 5.41. The summed E-state index contributed by atoms with van der Waals surface area (Å²) >= 11 is 6.01. The van der Waals surface area contributed by atoms with Crippen molar-refractivity contribution in [2.75, 3.05) is 26.2 Å². The summed E-state index contributed by atoms with van der Waals surface area (Å²) in [5.74, 6) is -4.81. The predicted octanol–water partition coefficient (Wildman–Crippen LogP) is 6.61. The second kappa shape index (κ2) is 14.9. The second-order valence-electron chi connectivity index (χ2n) is 11.8. The first-order valence-electron chi connectivity index (χ1n) is 15.1. The average Bonchev–Trinajstić information content (AvgIpc) is 3.02. The molecule has 6 nitrogen and oxygen atoms in total. The third-order valence-electron chi connectivity index (χ3n) is 8.65. The van der Waals surface area contributed by atoms with Crippen LogP contribution < -0.4 is 11.1 Å². The van der Waals surface area contributed by atoms with E-state index in [9.17, 15) is 27.9 Å². The van der Waals surface area contributed by atoms with Crippen LogP contribution in [0.15, 0.2) is 60.7 Å². The Balaban J connectivity index is 1.66. The van der Waals surface area contributed by atoms with Gasteiger partial charge in [0.25, 0.3) is 0 Å². The molecule has 0 saturated carbocycles. The lowest BCUT2D eigenvalue weighted by Crippen LogP contribution is -2.49. The number of alkyl halides is 3. The second-order valence-corrected chi connectivity index (χ2v) is 12.2. The Labute approximate surface area is 269 Å². The summed E-state index contributed by atoms with van der Waals surface area (Å²) < 4.78 is 69.1. The maximum atomic E-state index is 15.6. The van der Waals surface area contributed by atoms with Gasteiger partial charge >= 0.3 is 12.1 Å². The molecule has 1 unspecified atom stereocenters. The van der Waals surface area contributed by atoms with Crippen LogP contribution in [-0.4, -0.2) is 54.2 Å². The van der Waals surface area contributed by atoms with E-state index < -0.39 is 41.8 Å². The van der Waals surface area contributed by atoms with Crippen LogP contribution in [0, 0.1) is 24.5 Å². The minimum absolute atomic E-state index is 0.0550. The Morgan fingerprint density at radius 1 is 1.09 bits per heavy atom. The molecule has 0 spiro atoms. The number of aliphatic hydroxyl groups is 1. The maximum absolute atomic E-state index is 15.6. The molecule has 0 aromatic heterocycles. The standard InChI is InChI=1S/C34H37ClF5N3O3/c1-21-8-13-28(36)26(17-21)31-27(6-2-7-29(31)37)33(46,14-4-15-42-32(45)34(38,39)40)24-5-3-16-43(20-24)30(44)18-23(19-41)22-9-11-25(35)12-10-22/h2,6-13,17,23-24,46H,3-5,14-16,18-20,41H2,1H3,(H,42,45)/t23-,24?,33-/m0/s1. The lowest BCUT2D eigenvalue weighted by molar-refractivity contribution is -0.173. The van der Waals surface area contributed by atoms with Gasteiger partial charge in [0.15, 0.2) is 0 Å². The SMILES string of the molecule is Cc1ccc(F)c(-c2c(F)cccc2[C@](O)(CCCNC(=O)C(F)(F)F)C2CCCN(C(=O)C[C@@H](CN)c3ccc(Cl)cc3)C2)c1. The lowest BCUT2D eigenvalue weighted by Gasteiger charge is -2.44. The smallest absolute Gasteiger partial charge is 0.385 e. The van der Waals surface area contributed by atoms with Crippen LogP contribution in [0.4, 0.5) is 22.0 Å². The fourth-order valence-electron chi connectivity index (χ4n) is 6.21. The molecule has 1 saturated heterocycles. The number of hydrogen-bond donors (Lipinski definition) is 3. The van der Waals surface area contributed by atoms with Crippen LogP contribution >= 0.6 is 11.6 Å². The highest BCUT2D eigenvalue weighted by atomic mass is 35.5. The van der Waals surface area contributed by atoms with E-state index in [1.165, 1.54) is 30.3 Å². The third-order valence-corrected chi connectivity index (χ3v) is 8.90. The number of amides is 2. The van der Waals surface area contributed by atoms with Crippen molar-refractivity contribution in [3.8, 4) is 11.1 Å². The molecule has 0 bridgehead atoms. The van der Waals surface area contributed by atoms with Crippen LogP contribution in [0.5, 0.6) is 0 Å². The van der Waals surface area contributed by atoms with Crippen molar-refractivity contribution in [3.05, 3.63) is 94.0 Å². The van der Waals surface area contributed by atoms with Gasteiger partial charge in [0.05, 0.1) is 5.60 Å². The number of aryl methyl sites for hydroxylation is 1. The van der Waals surface area contributed by atoms with E-state index in [0.717, 1.165) is 11.6 Å². The zero-order valence-corrected chi connectivity index (χ0v) is 26.1. The Kier molecular flexibility index (Phi) is 11.5. The van der Waals surface area contributed by atoms with Crippen LogP contribution in [0.2, 0.25) is 5.02 Å². The van der Waals surface area contributed by atoms with E-state index in [1.54, 1.807) is 41.4 Å². The number of hydrogen-bond acceptors (Lipinski definition) is 4. The van der Waals surface area contributed by atoms with E-state index in [2.05, 4.69) is 0 Å². The molecule has 2 amide bonds. The van der Waals surface area contributed by atoms with Crippen molar-refractivity contribution < 1.29 is 36.6 Å². The normalized spacial score (nSPS) is 17.3. The van der Waals surface area contributed by atoms with Gasteiger partial charge in [0.1, 0.15) is 11.6 Å². The highest BCUT2D eigenvalue weighted by Crippen LogP contribution is 2.45. The van der Waals surface area contributed by atoms with Gasteiger partial charge in [0, 0.05) is 54.0 Å². The monoisotopic (exact) mass is 665 g/mol. The van der Waals surface area contributed by atoms with Gasteiger partial charge in [-0.3, -0.25) is 9.59 Å². The number of likely N-dealkylation sites (tertiary alicyclic amines) is 1. The van der Waals surface area contributed by atoms with Crippen molar-refractivity contribution >= 4 is 23.4 Å². The number of benzene rings is 3. The Morgan fingerprint density at radius 3 is 2.48 bits per heavy atom. The van der Waals surface area contributed by atoms with Crippen molar-refractivity contribution in [2.24, 2.45) is 11.7 Å². The molecule has 46 heavy (non-hydrogen) atoms. The molecule has 0 aliphatic carbocycles. The molecular formula is C34H37ClF5N3O3. The topological polar surface area (TPSA) is 95.7 Å². The van der Waals surface area contributed by atoms with Gasteiger partial charge in [-0.1, -0.05) is 47.5 Å². The fourth-order valence-corrected chi connectivity index (χ4v) is 6.34. The first kappa shape index (κ1) is 35.3. The number of nitrogens with zero attached hydrogens (tertiary/aromatic N) is 1. The van der Waals surface area contributed by atoms with E-state index in [1.807, 2.05) is 0 Å². The summed E-state index contributed by atoms with van der Waals surface area (Å²) in [7, 11) is 0. The Hall–Kier alpha value is -3.54. The quantitative estimate of drug-likeness (QED) is 0.159. The van der Waals surface area contributed by atoms with E-state index in [0.29, 0.717) is 30.0 Å². The van der Waals surface area contributed by atoms with E-state index in [-0.39, 0.29) is 60.9 Å². The number of carbonyl (C=O) groups is 2. The number of carbonyl (C=O) groups excluding carboxylic acids is 2. The van der Waals surface area contributed by atoms with Crippen LogP contribution in [0.25, 0.3) is 11.1 Å². The molecule has 4 N–H and O–H groups in total. The minimum atomic E-state index is -5.08. The van der Waals surface area contributed by atoms with Crippen molar-refractivity contribution in [3.63, 3.8) is 0 Å². The zero-order chi connectivity index (χ0) is 33.6. The molecule has 1 aliphatic heterocycles. The summed E-state index contributed by atoms with van der Waals surface area (Å²) in [6.07, 6.45) is -4.41. The van der Waals surface area contributed by atoms with Crippen molar-refractivity contribution in [1.82, 2.24) is 10.2 Å². The number of halogens is 6.